The van der Waals surface area contributed by atoms with Gasteiger partial charge in [0.2, 0.25) is 5.91 Å². The highest BCUT2D eigenvalue weighted by Gasteiger charge is 2.25. The third-order valence-corrected chi connectivity index (χ3v) is 3.47. The molecule has 1 saturated heterocycles. The summed E-state index contributed by atoms with van der Waals surface area (Å²) in [6, 6.07) is 0.420. The van der Waals surface area contributed by atoms with E-state index in [2.05, 4.69) is 4.90 Å². The van der Waals surface area contributed by atoms with Crippen LogP contribution in [0.15, 0.2) is 0 Å². The largest absolute Gasteiger partial charge is 0.395 e. The zero-order chi connectivity index (χ0) is 12.1. The molecule has 0 bridgehead atoms. The van der Waals surface area contributed by atoms with Gasteiger partial charge in [-0.2, -0.15) is 0 Å². The summed E-state index contributed by atoms with van der Waals surface area (Å²) < 4.78 is 0. The quantitative estimate of drug-likeness (QED) is 0.770. The highest BCUT2D eigenvalue weighted by atomic mass is 16.3. The maximum absolute atomic E-state index is 11.9. The van der Waals surface area contributed by atoms with E-state index < -0.39 is 0 Å². The summed E-state index contributed by atoms with van der Waals surface area (Å²) in [6.45, 7) is 5.57. The minimum absolute atomic E-state index is 0.148. The van der Waals surface area contributed by atoms with Gasteiger partial charge in [0.15, 0.2) is 0 Å². The van der Waals surface area contributed by atoms with Gasteiger partial charge >= 0.3 is 0 Å². The molecule has 4 heteroatoms. The van der Waals surface area contributed by atoms with Crippen molar-refractivity contribution >= 4 is 5.91 Å². The van der Waals surface area contributed by atoms with Gasteiger partial charge in [0.05, 0.1) is 13.2 Å². The van der Waals surface area contributed by atoms with E-state index in [1.54, 1.807) is 4.90 Å². The number of aliphatic hydroxyl groups excluding tert-OH is 1. The van der Waals surface area contributed by atoms with Crippen LogP contribution in [0.3, 0.4) is 0 Å². The molecule has 0 saturated carbocycles. The van der Waals surface area contributed by atoms with Crippen molar-refractivity contribution in [3.05, 3.63) is 0 Å². The van der Waals surface area contributed by atoms with E-state index in [0.29, 0.717) is 6.54 Å². The van der Waals surface area contributed by atoms with Crippen LogP contribution in [0, 0.1) is 0 Å². The van der Waals surface area contributed by atoms with Crippen LogP contribution in [-0.2, 0) is 4.79 Å². The molecule has 1 N–H and O–H groups in total. The molecule has 16 heavy (non-hydrogen) atoms. The first-order valence-corrected chi connectivity index (χ1v) is 6.16. The summed E-state index contributed by atoms with van der Waals surface area (Å²) in [6.07, 6.45) is 3.31. The fourth-order valence-electron chi connectivity index (χ4n) is 2.05. The monoisotopic (exact) mass is 228 g/mol. The van der Waals surface area contributed by atoms with E-state index in [1.165, 1.54) is 0 Å². The number of hydrogen-bond acceptors (Lipinski definition) is 3. The Balaban J connectivity index is 2.48. The number of likely N-dealkylation sites (tertiary alicyclic amines) is 1. The lowest BCUT2D eigenvalue weighted by Crippen LogP contribution is -2.48. The van der Waals surface area contributed by atoms with Crippen molar-refractivity contribution < 1.29 is 9.90 Å². The Bertz CT molecular complexity index is 231. The van der Waals surface area contributed by atoms with Crippen molar-refractivity contribution in [2.24, 2.45) is 0 Å². The van der Waals surface area contributed by atoms with Gasteiger partial charge < -0.3 is 10.0 Å². The molecule has 94 valence electrons. The number of hydrogen-bond donors (Lipinski definition) is 1. The first-order chi connectivity index (χ1) is 7.56. The van der Waals surface area contributed by atoms with Crippen molar-refractivity contribution in [3.63, 3.8) is 0 Å². The van der Waals surface area contributed by atoms with Gasteiger partial charge in [-0.3, -0.25) is 9.69 Å². The molecule has 1 heterocycles. The number of likely N-dealkylation sites (N-methyl/N-ethyl adjacent to an activating group) is 1. The van der Waals surface area contributed by atoms with Crippen LogP contribution in [0.1, 0.15) is 33.1 Å². The third kappa shape index (κ3) is 3.46. The van der Waals surface area contributed by atoms with Crippen LogP contribution < -0.4 is 0 Å². The lowest BCUT2D eigenvalue weighted by molar-refractivity contribution is -0.133. The molecule has 0 aromatic heterocycles. The van der Waals surface area contributed by atoms with Crippen molar-refractivity contribution in [2.75, 3.05) is 26.7 Å². The van der Waals surface area contributed by atoms with E-state index in [1.807, 2.05) is 20.9 Å². The van der Waals surface area contributed by atoms with E-state index >= 15 is 0 Å². The Labute approximate surface area is 98.2 Å². The molecule has 0 spiro atoms. The van der Waals surface area contributed by atoms with Crippen molar-refractivity contribution in [1.82, 2.24) is 9.80 Å². The number of rotatable bonds is 4. The van der Waals surface area contributed by atoms with Gasteiger partial charge in [0.25, 0.3) is 0 Å². The summed E-state index contributed by atoms with van der Waals surface area (Å²) in [4.78, 5) is 15.8. The highest BCUT2D eigenvalue weighted by Crippen LogP contribution is 2.16. The lowest BCUT2D eigenvalue weighted by Gasteiger charge is -2.35. The van der Waals surface area contributed by atoms with Gasteiger partial charge in [0, 0.05) is 19.1 Å². The van der Waals surface area contributed by atoms with Crippen LogP contribution in [0.5, 0.6) is 0 Å². The first-order valence-electron chi connectivity index (χ1n) is 6.16. The fraction of sp³-hybridized carbons (Fsp3) is 0.917. The highest BCUT2D eigenvalue weighted by molar-refractivity contribution is 5.78. The predicted octanol–water partition coefficient (Wildman–Crippen LogP) is 0.700. The molecule has 4 nitrogen and oxygen atoms in total. The van der Waals surface area contributed by atoms with Gasteiger partial charge in [-0.05, 0) is 33.2 Å². The Hall–Kier alpha value is -0.610. The Morgan fingerprint density at radius 2 is 2.19 bits per heavy atom. The summed E-state index contributed by atoms with van der Waals surface area (Å²) in [7, 11) is 1.84. The number of aliphatic hydroxyl groups is 1. The molecule has 1 rings (SSSR count). The first kappa shape index (κ1) is 13.5. The second-order valence-corrected chi connectivity index (χ2v) is 4.90. The molecular weight excluding hydrogens is 204 g/mol. The minimum Gasteiger partial charge on any atom is -0.395 e. The molecule has 1 unspecified atom stereocenters. The topological polar surface area (TPSA) is 43.8 Å². The van der Waals surface area contributed by atoms with Crippen LogP contribution in [0.25, 0.3) is 0 Å². The maximum Gasteiger partial charge on any atom is 0.236 e. The summed E-state index contributed by atoms with van der Waals surface area (Å²) in [5, 5.41) is 9.26. The molecule has 1 fully saturated rings. The van der Waals surface area contributed by atoms with Crippen LogP contribution in [0.2, 0.25) is 0 Å². The molecule has 0 aliphatic carbocycles. The maximum atomic E-state index is 11.9. The zero-order valence-electron chi connectivity index (χ0n) is 10.6. The summed E-state index contributed by atoms with van der Waals surface area (Å²) >= 11 is 0. The van der Waals surface area contributed by atoms with Gasteiger partial charge in [-0.25, -0.2) is 0 Å². The van der Waals surface area contributed by atoms with E-state index in [-0.39, 0.29) is 24.6 Å². The van der Waals surface area contributed by atoms with Crippen LogP contribution >= 0.6 is 0 Å². The second-order valence-electron chi connectivity index (χ2n) is 4.90. The minimum atomic E-state index is 0.148. The Kier molecular flexibility index (Phi) is 5.22. The smallest absolute Gasteiger partial charge is 0.236 e. The van der Waals surface area contributed by atoms with Crippen molar-refractivity contribution in [1.29, 1.82) is 0 Å². The number of carbonyl (C=O) groups is 1. The van der Waals surface area contributed by atoms with Gasteiger partial charge in [0.1, 0.15) is 0 Å². The molecule has 0 aromatic carbocycles. The second kappa shape index (κ2) is 6.21. The lowest BCUT2D eigenvalue weighted by atomic mass is 10.0. The number of carbonyl (C=O) groups excluding carboxylic acids is 1. The van der Waals surface area contributed by atoms with Gasteiger partial charge in [-0.15, -0.1) is 0 Å². The molecule has 0 radical (unpaired) electrons. The van der Waals surface area contributed by atoms with E-state index in [9.17, 15) is 9.90 Å². The average molecular weight is 228 g/mol. The summed E-state index contributed by atoms with van der Waals surface area (Å²) in [5.74, 6) is 0.148. The molecule has 1 atom stereocenters. The molecule has 1 aliphatic heterocycles. The van der Waals surface area contributed by atoms with Crippen LogP contribution in [0.4, 0.5) is 0 Å². The SMILES string of the molecule is CC(C)N(C)C(=O)CN1CCCCC1CO. The van der Waals surface area contributed by atoms with Crippen molar-refractivity contribution in [3.8, 4) is 0 Å². The predicted molar refractivity (Wildman–Crippen MR) is 64.2 cm³/mol. The number of piperidine rings is 1. The third-order valence-electron chi connectivity index (χ3n) is 3.47. The zero-order valence-corrected chi connectivity index (χ0v) is 10.6. The number of amides is 1. The standard InChI is InChI=1S/C12H24N2O2/c1-10(2)13(3)12(16)8-14-7-5-4-6-11(14)9-15/h10-11,15H,4-9H2,1-3H3. The van der Waals surface area contributed by atoms with E-state index in [0.717, 1.165) is 25.8 Å². The summed E-state index contributed by atoms with van der Waals surface area (Å²) in [5.41, 5.74) is 0. The van der Waals surface area contributed by atoms with Crippen molar-refractivity contribution in [2.45, 2.75) is 45.2 Å². The number of nitrogens with zero attached hydrogens (tertiary/aromatic N) is 2. The molecule has 1 amide bonds. The fourth-order valence-corrected chi connectivity index (χ4v) is 2.05. The normalized spacial score (nSPS) is 22.4. The van der Waals surface area contributed by atoms with E-state index in [4.69, 9.17) is 0 Å². The molecule has 0 aromatic rings. The molecular formula is C12H24N2O2. The molecule has 1 aliphatic rings. The Morgan fingerprint density at radius 1 is 1.50 bits per heavy atom. The average Bonchev–Trinajstić information content (AvgIpc) is 2.28. The Morgan fingerprint density at radius 3 is 2.75 bits per heavy atom. The van der Waals surface area contributed by atoms with Crippen LogP contribution in [-0.4, -0.2) is 59.6 Å². The van der Waals surface area contributed by atoms with Gasteiger partial charge in [-0.1, -0.05) is 6.42 Å².